The number of carbonyl (C=O) groups excluding carboxylic acids is 2. The Balaban J connectivity index is 1.65. The molecule has 1 aromatic heterocycles. The summed E-state index contributed by atoms with van der Waals surface area (Å²) >= 11 is 0. The molecule has 1 saturated carbocycles. The number of aromatic nitrogens is 1. The second-order valence-electron chi connectivity index (χ2n) is 6.78. The van der Waals surface area contributed by atoms with Gasteiger partial charge in [0.15, 0.2) is 0 Å². The highest BCUT2D eigenvalue weighted by Gasteiger charge is 2.45. The molecule has 27 heavy (non-hydrogen) atoms. The zero-order chi connectivity index (χ0) is 19.0. The molecule has 2 aromatic rings. The minimum absolute atomic E-state index is 0.0910. The van der Waals surface area contributed by atoms with Gasteiger partial charge in [-0.25, -0.2) is 17.7 Å². The lowest BCUT2D eigenvalue weighted by Crippen LogP contribution is -2.40. The number of sulfonamides is 1. The molecule has 0 atom stereocenters. The predicted molar refractivity (Wildman–Crippen MR) is 98.9 cm³/mol. The van der Waals surface area contributed by atoms with Crippen LogP contribution in [0.5, 0.6) is 0 Å². The zero-order valence-electron chi connectivity index (χ0n) is 14.6. The summed E-state index contributed by atoms with van der Waals surface area (Å²) in [5, 5.41) is 2.62. The third-order valence-electron chi connectivity index (χ3n) is 5.02. The van der Waals surface area contributed by atoms with Crippen molar-refractivity contribution in [1.82, 2.24) is 9.29 Å². The van der Waals surface area contributed by atoms with E-state index in [4.69, 9.17) is 0 Å². The Morgan fingerprint density at radius 3 is 2.59 bits per heavy atom. The fourth-order valence-electron chi connectivity index (χ4n) is 3.69. The van der Waals surface area contributed by atoms with Gasteiger partial charge in [0.05, 0.1) is 5.56 Å². The number of amides is 2. The lowest BCUT2D eigenvalue weighted by molar-refractivity contribution is 0.0809. The van der Waals surface area contributed by atoms with E-state index in [1.54, 1.807) is 24.4 Å². The second kappa shape index (κ2) is 6.77. The van der Waals surface area contributed by atoms with Crippen LogP contribution in [-0.2, 0) is 10.0 Å². The van der Waals surface area contributed by atoms with Gasteiger partial charge >= 0.3 is 0 Å². The molecule has 140 valence electrons. The van der Waals surface area contributed by atoms with E-state index in [-0.39, 0.29) is 22.1 Å². The number of nitrogens with zero attached hydrogens (tertiary/aromatic N) is 2. The van der Waals surface area contributed by atoms with Crippen LogP contribution in [0.3, 0.4) is 0 Å². The Bertz CT molecular complexity index is 999. The van der Waals surface area contributed by atoms with E-state index in [2.05, 4.69) is 10.3 Å². The van der Waals surface area contributed by atoms with Gasteiger partial charge in [-0.05, 0) is 43.2 Å². The van der Waals surface area contributed by atoms with Crippen LogP contribution >= 0.6 is 0 Å². The van der Waals surface area contributed by atoms with Crippen LogP contribution in [0.1, 0.15) is 52.8 Å². The number of carbonyl (C=O) groups is 2. The van der Waals surface area contributed by atoms with Crippen LogP contribution < -0.4 is 5.32 Å². The lowest BCUT2D eigenvalue weighted by Gasteiger charge is -2.29. The Morgan fingerprint density at radius 1 is 1.11 bits per heavy atom. The molecule has 7 nitrogen and oxygen atoms in total. The molecule has 1 aromatic carbocycles. The fourth-order valence-corrected chi connectivity index (χ4v) is 5.53. The van der Waals surface area contributed by atoms with Crippen molar-refractivity contribution in [1.29, 1.82) is 0 Å². The highest BCUT2D eigenvalue weighted by molar-refractivity contribution is 7.90. The largest absolute Gasteiger partial charge is 0.307 e. The quantitative estimate of drug-likeness (QED) is 0.876. The summed E-state index contributed by atoms with van der Waals surface area (Å²) in [5.74, 6) is -0.602. The molecule has 1 aliphatic carbocycles. The van der Waals surface area contributed by atoms with Crippen molar-refractivity contribution < 1.29 is 18.0 Å². The molecule has 2 amide bonds. The molecule has 2 heterocycles. The van der Waals surface area contributed by atoms with E-state index in [1.807, 2.05) is 0 Å². The van der Waals surface area contributed by atoms with Gasteiger partial charge in [-0.15, -0.1) is 0 Å². The first-order valence-electron chi connectivity index (χ1n) is 8.94. The minimum Gasteiger partial charge on any atom is -0.307 e. The third kappa shape index (κ3) is 3.10. The van der Waals surface area contributed by atoms with Crippen LogP contribution in [0.15, 0.2) is 47.5 Å². The highest BCUT2D eigenvalue weighted by atomic mass is 32.2. The maximum atomic E-state index is 13.0. The first-order chi connectivity index (χ1) is 13.0. The smallest absolute Gasteiger partial charge is 0.269 e. The Labute approximate surface area is 157 Å². The van der Waals surface area contributed by atoms with Gasteiger partial charge < -0.3 is 5.32 Å². The van der Waals surface area contributed by atoms with Crippen LogP contribution in [0.4, 0.5) is 5.82 Å². The first kappa shape index (κ1) is 17.7. The third-order valence-corrected chi connectivity index (χ3v) is 6.90. The summed E-state index contributed by atoms with van der Waals surface area (Å²) in [7, 11) is -3.94. The minimum atomic E-state index is -3.94. The number of fused-ring (bicyclic) bond motifs is 1. The average Bonchev–Trinajstić information content (AvgIpc) is 2.88. The summed E-state index contributed by atoms with van der Waals surface area (Å²) in [4.78, 5) is 29.1. The summed E-state index contributed by atoms with van der Waals surface area (Å²) in [6.45, 7) is 0. The Kier molecular flexibility index (Phi) is 4.43. The number of hydrogen-bond acceptors (Lipinski definition) is 5. The van der Waals surface area contributed by atoms with Gasteiger partial charge in [0.25, 0.3) is 21.8 Å². The van der Waals surface area contributed by atoms with E-state index in [0.29, 0.717) is 18.7 Å². The number of anilines is 1. The summed E-state index contributed by atoms with van der Waals surface area (Å²) < 4.78 is 27.0. The van der Waals surface area contributed by atoms with Crippen LogP contribution in [-0.4, -0.2) is 35.6 Å². The molecule has 2 aliphatic rings. The summed E-state index contributed by atoms with van der Waals surface area (Å²) in [6.07, 6.45) is 5.81. The maximum Gasteiger partial charge on any atom is 0.269 e. The molecule has 0 saturated heterocycles. The van der Waals surface area contributed by atoms with Gasteiger partial charge in [-0.2, -0.15) is 0 Å². The normalized spacial score (nSPS) is 19.0. The molecule has 0 bridgehead atoms. The van der Waals surface area contributed by atoms with Crippen LogP contribution in [0.25, 0.3) is 0 Å². The summed E-state index contributed by atoms with van der Waals surface area (Å²) in [5.41, 5.74) is 0.302. The van der Waals surface area contributed by atoms with Gasteiger partial charge in [-0.1, -0.05) is 25.3 Å². The van der Waals surface area contributed by atoms with E-state index in [0.717, 1.165) is 23.6 Å². The van der Waals surface area contributed by atoms with Crippen molar-refractivity contribution in [2.75, 3.05) is 5.32 Å². The van der Waals surface area contributed by atoms with Crippen LogP contribution in [0.2, 0.25) is 0 Å². The average molecular weight is 385 g/mol. The first-order valence-corrected chi connectivity index (χ1v) is 10.4. The van der Waals surface area contributed by atoms with Crippen molar-refractivity contribution in [2.45, 2.75) is 43.0 Å². The van der Waals surface area contributed by atoms with Gasteiger partial charge in [0, 0.05) is 17.8 Å². The number of nitrogens with one attached hydrogen (secondary N) is 1. The van der Waals surface area contributed by atoms with Crippen molar-refractivity contribution in [3.05, 3.63) is 53.7 Å². The number of benzene rings is 1. The summed E-state index contributed by atoms with van der Waals surface area (Å²) in [6, 6.07) is 8.97. The fraction of sp³-hybridized carbons (Fsp3) is 0.316. The van der Waals surface area contributed by atoms with E-state index < -0.39 is 21.8 Å². The lowest BCUT2D eigenvalue weighted by atomic mass is 9.95. The molecule has 0 radical (unpaired) electrons. The molecule has 0 spiro atoms. The SMILES string of the molecule is O=C(Nc1ccccn1)c1ccc2c(c1)S(=O)(=O)N(C1CCCCC1)C2=O. The van der Waals surface area contributed by atoms with Crippen molar-refractivity contribution in [2.24, 2.45) is 0 Å². The topological polar surface area (TPSA) is 96.4 Å². The van der Waals surface area contributed by atoms with E-state index in [1.165, 1.54) is 18.2 Å². The molecule has 1 fully saturated rings. The Hall–Kier alpha value is -2.74. The van der Waals surface area contributed by atoms with E-state index >= 15 is 0 Å². The molecule has 1 aliphatic heterocycles. The monoisotopic (exact) mass is 385 g/mol. The molecular formula is C19H19N3O4S. The molecule has 8 heteroatoms. The Morgan fingerprint density at radius 2 is 1.89 bits per heavy atom. The van der Waals surface area contributed by atoms with Crippen LogP contribution in [0, 0.1) is 0 Å². The highest BCUT2D eigenvalue weighted by Crippen LogP contribution is 2.36. The van der Waals surface area contributed by atoms with E-state index in [9.17, 15) is 18.0 Å². The second-order valence-corrected chi connectivity index (χ2v) is 8.56. The molecule has 0 unspecified atom stereocenters. The number of hydrogen-bond donors (Lipinski definition) is 1. The molecule has 1 N–H and O–H groups in total. The maximum absolute atomic E-state index is 13.0. The number of pyridine rings is 1. The number of rotatable bonds is 3. The predicted octanol–water partition coefficient (Wildman–Crippen LogP) is 2.81. The van der Waals surface area contributed by atoms with Gasteiger partial charge in [-0.3, -0.25) is 9.59 Å². The standard InChI is InChI=1S/C19H19N3O4S/c23-18(21-17-8-4-5-11-20-17)13-9-10-15-16(12-13)27(25,26)22(19(15)24)14-6-2-1-3-7-14/h4-5,8-12,14H,1-3,6-7H2,(H,20,21,23). The molecule has 4 rings (SSSR count). The molecular weight excluding hydrogens is 366 g/mol. The van der Waals surface area contributed by atoms with Crippen molar-refractivity contribution in [3.63, 3.8) is 0 Å². The van der Waals surface area contributed by atoms with Crippen molar-refractivity contribution >= 4 is 27.7 Å². The van der Waals surface area contributed by atoms with Gasteiger partial charge in [0.1, 0.15) is 10.7 Å². The van der Waals surface area contributed by atoms with Crippen molar-refractivity contribution in [3.8, 4) is 0 Å². The van der Waals surface area contributed by atoms with Gasteiger partial charge in [0.2, 0.25) is 0 Å². The zero-order valence-corrected chi connectivity index (χ0v) is 15.4.